The second-order valence-corrected chi connectivity index (χ2v) is 14.6. The van der Waals surface area contributed by atoms with Crippen molar-refractivity contribution in [3.63, 3.8) is 0 Å². The van der Waals surface area contributed by atoms with E-state index in [2.05, 4.69) is 11.0 Å². The smallest absolute Gasteiger partial charge is 0.416 e. The maximum atomic E-state index is 17.8. The van der Waals surface area contributed by atoms with Gasteiger partial charge in [-0.2, -0.15) is 18.4 Å². The SMILES string of the molecule is COc1ccc([C@@H]2CN([C@H]3CC[C@H](OC)CC3)C[C@@]2(F)C(=O)N2C[C@H](CC#N)[C@@H](c3ccc(C(F)(F)F)cc3N3CCC(C(=O)O)CC3)C2)cc1. The Labute approximate surface area is 296 Å². The van der Waals surface area contributed by atoms with E-state index in [0.717, 1.165) is 37.8 Å². The molecule has 1 amide bonds. The van der Waals surface area contributed by atoms with Gasteiger partial charge in [0.2, 0.25) is 5.67 Å². The summed E-state index contributed by atoms with van der Waals surface area (Å²) in [6, 6.07) is 12.9. The molecule has 0 unspecified atom stereocenters. The summed E-state index contributed by atoms with van der Waals surface area (Å²) < 4.78 is 70.6. The molecule has 51 heavy (non-hydrogen) atoms. The molecule has 2 aromatic rings. The van der Waals surface area contributed by atoms with Crippen LogP contribution in [0.4, 0.5) is 23.2 Å². The minimum atomic E-state index is -4.61. The maximum absolute atomic E-state index is 17.8. The van der Waals surface area contributed by atoms with E-state index in [0.29, 0.717) is 29.1 Å². The fourth-order valence-corrected chi connectivity index (χ4v) is 8.85. The van der Waals surface area contributed by atoms with Gasteiger partial charge >= 0.3 is 12.1 Å². The first kappa shape index (κ1) is 36.9. The lowest BCUT2D eigenvalue weighted by Gasteiger charge is -2.35. The number of benzene rings is 2. The zero-order chi connectivity index (χ0) is 36.5. The number of carboxylic acid groups (broad SMARTS) is 1. The number of ether oxygens (including phenoxy) is 2. The van der Waals surface area contributed by atoms with Crippen LogP contribution in [-0.4, -0.2) is 98.1 Å². The number of amides is 1. The molecule has 13 heteroatoms. The predicted octanol–water partition coefficient (Wildman–Crippen LogP) is 6.24. The predicted molar refractivity (Wildman–Crippen MR) is 181 cm³/mol. The van der Waals surface area contributed by atoms with Gasteiger partial charge in [-0.25, -0.2) is 4.39 Å². The Hall–Kier alpha value is -3.89. The van der Waals surface area contributed by atoms with E-state index in [4.69, 9.17) is 9.47 Å². The van der Waals surface area contributed by atoms with Crippen molar-refractivity contribution >= 4 is 17.6 Å². The molecule has 0 bridgehead atoms. The van der Waals surface area contributed by atoms with Crippen LogP contribution < -0.4 is 9.64 Å². The van der Waals surface area contributed by atoms with Gasteiger partial charge in [-0.3, -0.25) is 14.5 Å². The summed E-state index contributed by atoms with van der Waals surface area (Å²) in [5.41, 5.74) is -1.56. The van der Waals surface area contributed by atoms with E-state index < -0.39 is 53.0 Å². The summed E-state index contributed by atoms with van der Waals surface area (Å²) in [7, 11) is 3.25. The maximum Gasteiger partial charge on any atom is 0.416 e. The molecule has 1 saturated carbocycles. The number of likely N-dealkylation sites (tertiary alicyclic amines) is 2. The Balaban J connectivity index is 1.31. The molecule has 6 rings (SSSR count). The molecule has 2 aromatic carbocycles. The van der Waals surface area contributed by atoms with Gasteiger partial charge in [0.1, 0.15) is 5.75 Å². The highest BCUT2D eigenvalue weighted by Gasteiger charge is 2.57. The summed E-state index contributed by atoms with van der Waals surface area (Å²) in [4.78, 5) is 31.5. The van der Waals surface area contributed by atoms with Crippen molar-refractivity contribution in [3.05, 3.63) is 59.2 Å². The first-order valence-electron chi connectivity index (χ1n) is 17.8. The number of carbonyl (C=O) groups is 2. The average Bonchev–Trinajstić information content (AvgIpc) is 3.72. The number of nitriles is 1. The molecule has 0 aromatic heterocycles. The average molecular weight is 715 g/mol. The number of piperidine rings is 1. The number of anilines is 1. The highest BCUT2D eigenvalue weighted by atomic mass is 19.4. The zero-order valence-corrected chi connectivity index (χ0v) is 29.1. The molecule has 0 spiro atoms. The molecular formula is C38H46F4N4O5. The quantitative estimate of drug-likeness (QED) is 0.305. The van der Waals surface area contributed by atoms with Gasteiger partial charge < -0.3 is 24.4 Å². The third-order valence-corrected chi connectivity index (χ3v) is 11.8. The van der Waals surface area contributed by atoms with Crippen molar-refractivity contribution in [2.24, 2.45) is 11.8 Å². The van der Waals surface area contributed by atoms with E-state index in [-0.39, 0.29) is 64.1 Å². The molecule has 4 fully saturated rings. The first-order valence-corrected chi connectivity index (χ1v) is 17.8. The minimum Gasteiger partial charge on any atom is -0.497 e. The lowest BCUT2D eigenvalue weighted by atomic mass is 9.84. The Kier molecular flexibility index (Phi) is 10.8. The number of aliphatic carboxylic acids is 1. The molecule has 3 heterocycles. The third kappa shape index (κ3) is 7.54. The number of rotatable bonds is 9. The molecule has 0 radical (unpaired) electrons. The summed E-state index contributed by atoms with van der Waals surface area (Å²) in [5.74, 6) is -3.28. The number of methoxy groups -OCH3 is 2. The number of hydrogen-bond donors (Lipinski definition) is 1. The molecule has 1 aliphatic carbocycles. The molecule has 4 atom stereocenters. The van der Waals surface area contributed by atoms with Crippen molar-refractivity contribution in [2.45, 2.75) is 80.8 Å². The largest absolute Gasteiger partial charge is 0.497 e. The minimum absolute atomic E-state index is 0.0338. The van der Waals surface area contributed by atoms with Gasteiger partial charge in [-0.15, -0.1) is 0 Å². The zero-order valence-electron chi connectivity index (χ0n) is 29.1. The van der Waals surface area contributed by atoms with Crippen molar-refractivity contribution in [1.29, 1.82) is 5.26 Å². The molecule has 1 N–H and O–H groups in total. The Morgan fingerprint density at radius 2 is 1.67 bits per heavy atom. The summed E-state index contributed by atoms with van der Waals surface area (Å²) in [5, 5.41) is 19.3. The van der Waals surface area contributed by atoms with Crippen molar-refractivity contribution in [1.82, 2.24) is 9.80 Å². The normalized spacial score (nSPS) is 29.2. The summed E-state index contributed by atoms with van der Waals surface area (Å²) in [6.07, 6.45) is -0.489. The van der Waals surface area contributed by atoms with E-state index in [1.54, 1.807) is 43.4 Å². The number of hydrogen-bond acceptors (Lipinski definition) is 7. The number of carbonyl (C=O) groups excluding carboxylic acids is 1. The monoisotopic (exact) mass is 714 g/mol. The van der Waals surface area contributed by atoms with Gasteiger partial charge in [0.15, 0.2) is 0 Å². The number of halogens is 4. The van der Waals surface area contributed by atoms with Crippen molar-refractivity contribution in [2.75, 3.05) is 58.4 Å². The van der Waals surface area contributed by atoms with Gasteiger partial charge in [0, 0.05) is 76.4 Å². The van der Waals surface area contributed by atoms with Crippen LogP contribution in [0.5, 0.6) is 5.75 Å². The van der Waals surface area contributed by atoms with Gasteiger partial charge in [0.05, 0.1) is 30.8 Å². The second-order valence-electron chi connectivity index (χ2n) is 14.6. The fraction of sp³-hybridized carbons (Fsp3) is 0.605. The van der Waals surface area contributed by atoms with Crippen LogP contribution >= 0.6 is 0 Å². The highest BCUT2D eigenvalue weighted by molar-refractivity contribution is 5.88. The molecule has 3 saturated heterocycles. The van der Waals surface area contributed by atoms with Crippen LogP contribution in [0.3, 0.4) is 0 Å². The highest BCUT2D eigenvalue weighted by Crippen LogP contribution is 2.47. The van der Waals surface area contributed by atoms with Crippen molar-refractivity contribution in [3.8, 4) is 11.8 Å². The van der Waals surface area contributed by atoms with Crippen LogP contribution in [0.1, 0.15) is 73.5 Å². The lowest BCUT2D eigenvalue weighted by molar-refractivity contribution is -0.143. The Morgan fingerprint density at radius 3 is 2.25 bits per heavy atom. The van der Waals surface area contributed by atoms with Crippen molar-refractivity contribution < 1.29 is 41.7 Å². The van der Waals surface area contributed by atoms with Gasteiger partial charge in [0.25, 0.3) is 5.91 Å². The molecule has 276 valence electrons. The number of carboxylic acids is 1. The van der Waals surface area contributed by atoms with Gasteiger partial charge in [-0.1, -0.05) is 18.2 Å². The van der Waals surface area contributed by atoms with E-state index in [1.165, 1.54) is 11.0 Å². The molecule has 4 aliphatic rings. The summed E-state index contributed by atoms with van der Waals surface area (Å²) in [6.45, 7) is 0.920. The standard InChI is InChI=1S/C38H46F4N4O5/c1-50-29-8-3-24(4-9-29)33-22-46(28-6-10-30(51-2)11-7-28)23-37(33,39)36(49)45-20-26(13-16-43)32(21-45)31-12-5-27(38(40,41)42)19-34(31)44-17-14-25(15-18-44)35(47)48/h3-5,8-9,12,19,25-26,28,30,32-33H,6-7,10-11,13-15,17-18,20-23H2,1-2H3,(H,47,48)/t26-,28-,30-,32-,33-,37-/m0/s1. The van der Waals surface area contributed by atoms with E-state index in [9.17, 15) is 33.1 Å². The lowest BCUT2D eigenvalue weighted by Crippen LogP contribution is -2.50. The first-order chi connectivity index (χ1) is 24.4. The van der Waals surface area contributed by atoms with E-state index in [1.807, 2.05) is 0 Å². The Bertz CT molecular complexity index is 1600. The summed E-state index contributed by atoms with van der Waals surface area (Å²) >= 11 is 0. The molecule has 9 nitrogen and oxygen atoms in total. The number of alkyl halides is 4. The van der Waals surface area contributed by atoms with Crippen LogP contribution in [0.25, 0.3) is 0 Å². The third-order valence-electron chi connectivity index (χ3n) is 11.8. The number of nitrogens with zero attached hydrogens (tertiary/aromatic N) is 4. The topological polar surface area (TPSA) is 106 Å². The Morgan fingerprint density at radius 1 is 0.980 bits per heavy atom. The second kappa shape index (κ2) is 15.0. The fourth-order valence-electron chi connectivity index (χ4n) is 8.85. The van der Waals surface area contributed by atoms with Crippen LogP contribution in [0, 0.1) is 23.2 Å². The van der Waals surface area contributed by atoms with E-state index >= 15 is 4.39 Å². The molecular weight excluding hydrogens is 668 g/mol. The molecule has 3 aliphatic heterocycles. The van der Waals surface area contributed by atoms with Gasteiger partial charge in [-0.05, 0) is 79.8 Å². The van der Waals surface area contributed by atoms with Crippen LogP contribution in [0.2, 0.25) is 0 Å². The van der Waals surface area contributed by atoms with Crippen LogP contribution in [0.15, 0.2) is 42.5 Å². The van der Waals surface area contributed by atoms with Crippen LogP contribution in [-0.2, 0) is 20.5 Å².